The van der Waals surface area contributed by atoms with E-state index in [0.717, 1.165) is 5.69 Å². The molecule has 0 unspecified atom stereocenters. The SMILES string of the molecule is CC(C)C(=O)N1CCN(c2ccc(Cl)cc2NC(=S)NC(=O)c2ccc3c(c2)OCCO3)CC1. The van der Waals surface area contributed by atoms with E-state index in [-0.39, 0.29) is 22.8 Å². The van der Waals surface area contributed by atoms with Gasteiger partial charge in [0.2, 0.25) is 5.91 Å². The Balaban J connectivity index is 1.42. The van der Waals surface area contributed by atoms with Crippen molar-refractivity contribution in [2.75, 3.05) is 49.6 Å². The molecule has 0 spiro atoms. The van der Waals surface area contributed by atoms with E-state index >= 15 is 0 Å². The molecule has 1 fully saturated rings. The van der Waals surface area contributed by atoms with Gasteiger partial charge in [-0.05, 0) is 48.6 Å². The molecule has 2 aromatic rings. The van der Waals surface area contributed by atoms with Crippen molar-refractivity contribution < 1.29 is 19.1 Å². The second-order valence-electron chi connectivity index (χ2n) is 8.40. The Morgan fingerprint density at radius 3 is 2.41 bits per heavy atom. The number of piperazine rings is 1. The topological polar surface area (TPSA) is 83.1 Å². The van der Waals surface area contributed by atoms with Crippen LogP contribution in [0.3, 0.4) is 0 Å². The van der Waals surface area contributed by atoms with E-state index in [1.807, 2.05) is 30.9 Å². The van der Waals surface area contributed by atoms with Crippen LogP contribution >= 0.6 is 23.8 Å². The molecule has 2 aliphatic heterocycles. The molecule has 0 saturated carbocycles. The molecule has 8 nitrogen and oxygen atoms in total. The average Bonchev–Trinajstić information content (AvgIpc) is 2.83. The molecule has 34 heavy (non-hydrogen) atoms. The van der Waals surface area contributed by atoms with Crippen molar-refractivity contribution >= 4 is 52.1 Å². The van der Waals surface area contributed by atoms with Gasteiger partial charge in [-0.1, -0.05) is 25.4 Å². The van der Waals surface area contributed by atoms with E-state index in [9.17, 15) is 9.59 Å². The van der Waals surface area contributed by atoms with Crippen LogP contribution in [0.25, 0.3) is 0 Å². The van der Waals surface area contributed by atoms with Crippen LogP contribution in [0, 0.1) is 5.92 Å². The fourth-order valence-corrected chi connectivity index (χ4v) is 4.31. The Bertz CT molecular complexity index is 1100. The molecule has 0 bridgehead atoms. The van der Waals surface area contributed by atoms with E-state index in [2.05, 4.69) is 15.5 Å². The molecular formula is C24H27ClN4O4S. The zero-order valence-corrected chi connectivity index (χ0v) is 20.7. The number of carbonyl (C=O) groups is 2. The first kappa shape index (κ1) is 24.1. The first-order valence-electron chi connectivity index (χ1n) is 11.2. The third-order valence-corrected chi connectivity index (χ3v) is 6.10. The van der Waals surface area contributed by atoms with Crippen LogP contribution in [0.5, 0.6) is 11.5 Å². The Hall–Kier alpha value is -3.04. The standard InChI is InChI=1S/C24H27ClN4O4S/c1-15(2)23(31)29-9-7-28(8-10-29)19-5-4-17(25)14-18(19)26-24(34)27-22(30)16-3-6-20-21(13-16)33-12-11-32-20/h3-6,13-15H,7-12H2,1-2H3,(H2,26,27,30,34). The van der Waals surface area contributed by atoms with E-state index in [4.69, 9.17) is 33.3 Å². The number of rotatable bonds is 4. The summed E-state index contributed by atoms with van der Waals surface area (Å²) in [5.41, 5.74) is 1.99. The summed E-state index contributed by atoms with van der Waals surface area (Å²) in [7, 11) is 0. The number of hydrogen-bond donors (Lipinski definition) is 2. The van der Waals surface area contributed by atoms with Gasteiger partial charge in [-0.25, -0.2) is 0 Å². The van der Waals surface area contributed by atoms with Crippen molar-refractivity contribution in [3.8, 4) is 11.5 Å². The number of hydrogen-bond acceptors (Lipinski definition) is 6. The zero-order chi connectivity index (χ0) is 24.2. The van der Waals surface area contributed by atoms with E-state index in [0.29, 0.717) is 67.2 Å². The van der Waals surface area contributed by atoms with Gasteiger partial charge >= 0.3 is 0 Å². The number of carbonyl (C=O) groups excluding carboxylic acids is 2. The average molecular weight is 503 g/mol. The third kappa shape index (κ3) is 5.53. The lowest BCUT2D eigenvalue weighted by Crippen LogP contribution is -2.50. The molecule has 2 aliphatic rings. The summed E-state index contributed by atoms with van der Waals surface area (Å²) in [5, 5.41) is 6.50. The summed E-state index contributed by atoms with van der Waals surface area (Å²) in [6, 6.07) is 10.5. The predicted octanol–water partition coefficient (Wildman–Crippen LogP) is 3.54. The maximum atomic E-state index is 12.7. The zero-order valence-electron chi connectivity index (χ0n) is 19.1. The second-order valence-corrected chi connectivity index (χ2v) is 9.24. The summed E-state index contributed by atoms with van der Waals surface area (Å²) < 4.78 is 11.0. The van der Waals surface area contributed by atoms with Crippen LogP contribution in [0.2, 0.25) is 5.02 Å². The highest BCUT2D eigenvalue weighted by molar-refractivity contribution is 7.80. The number of fused-ring (bicyclic) bond motifs is 1. The molecule has 0 atom stereocenters. The third-order valence-electron chi connectivity index (χ3n) is 5.66. The number of thiocarbonyl (C=S) groups is 1. The van der Waals surface area contributed by atoms with Gasteiger partial charge in [-0.2, -0.15) is 0 Å². The Morgan fingerprint density at radius 2 is 1.71 bits per heavy atom. The highest BCUT2D eigenvalue weighted by Crippen LogP contribution is 2.32. The van der Waals surface area contributed by atoms with Crippen molar-refractivity contribution in [2.24, 2.45) is 5.92 Å². The van der Waals surface area contributed by atoms with E-state index < -0.39 is 0 Å². The van der Waals surface area contributed by atoms with Gasteiger partial charge < -0.3 is 24.6 Å². The van der Waals surface area contributed by atoms with Crippen molar-refractivity contribution in [1.29, 1.82) is 0 Å². The predicted molar refractivity (Wildman–Crippen MR) is 136 cm³/mol. The minimum atomic E-state index is -0.362. The fraction of sp³-hybridized carbons (Fsp3) is 0.375. The van der Waals surface area contributed by atoms with Gasteiger partial charge in [0.05, 0.1) is 11.4 Å². The summed E-state index contributed by atoms with van der Waals surface area (Å²) in [6.07, 6.45) is 0. The molecule has 0 radical (unpaired) electrons. The number of anilines is 2. The van der Waals surface area contributed by atoms with Gasteiger partial charge in [0.15, 0.2) is 16.6 Å². The quantitative estimate of drug-likeness (QED) is 0.619. The molecule has 10 heteroatoms. The number of ether oxygens (including phenoxy) is 2. The van der Waals surface area contributed by atoms with Gasteiger partial charge in [-0.15, -0.1) is 0 Å². The Labute approximate surface area is 209 Å². The summed E-state index contributed by atoms with van der Waals surface area (Å²) >= 11 is 11.6. The number of benzene rings is 2. The van der Waals surface area contributed by atoms with Crippen molar-refractivity contribution in [2.45, 2.75) is 13.8 Å². The normalized spacial score (nSPS) is 15.2. The molecule has 0 aromatic heterocycles. The van der Waals surface area contributed by atoms with E-state index in [1.54, 1.807) is 24.3 Å². The smallest absolute Gasteiger partial charge is 0.257 e. The van der Waals surface area contributed by atoms with Crippen molar-refractivity contribution in [1.82, 2.24) is 10.2 Å². The molecule has 4 rings (SSSR count). The number of nitrogens with one attached hydrogen (secondary N) is 2. The first-order chi connectivity index (χ1) is 16.3. The van der Waals surface area contributed by atoms with Crippen molar-refractivity contribution in [3.05, 3.63) is 47.0 Å². The van der Waals surface area contributed by atoms with Crippen LogP contribution in [0.4, 0.5) is 11.4 Å². The lowest BCUT2D eigenvalue weighted by molar-refractivity contribution is -0.134. The Kier molecular flexibility index (Phi) is 7.43. The fourth-order valence-electron chi connectivity index (χ4n) is 3.93. The molecule has 1 saturated heterocycles. The van der Waals surface area contributed by atoms with Crippen LogP contribution in [0.1, 0.15) is 24.2 Å². The monoisotopic (exact) mass is 502 g/mol. The summed E-state index contributed by atoms with van der Waals surface area (Å²) in [4.78, 5) is 29.1. The Morgan fingerprint density at radius 1 is 1.00 bits per heavy atom. The van der Waals surface area contributed by atoms with Gasteiger partial charge in [0.1, 0.15) is 13.2 Å². The molecule has 0 aliphatic carbocycles. The molecule has 180 valence electrons. The minimum Gasteiger partial charge on any atom is -0.486 e. The van der Waals surface area contributed by atoms with Crippen LogP contribution in [0.15, 0.2) is 36.4 Å². The lowest BCUT2D eigenvalue weighted by atomic mass is 10.1. The molecule has 2 aromatic carbocycles. The maximum absolute atomic E-state index is 12.7. The molecule has 2 N–H and O–H groups in total. The number of nitrogens with zero attached hydrogens (tertiary/aromatic N) is 2. The molecule has 2 amide bonds. The number of amides is 2. The summed E-state index contributed by atoms with van der Waals surface area (Å²) in [6.45, 7) is 7.41. The van der Waals surface area contributed by atoms with Crippen LogP contribution in [-0.2, 0) is 4.79 Å². The van der Waals surface area contributed by atoms with Gasteiger partial charge in [0, 0.05) is 42.7 Å². The maximum Gasteiger partial charge on any atom is 0.257 e. The van der Waals surface area contributed by atoms with Crippen LogP contribution < -0.4 is 25.0 Å². The lowest BCUT2D eigenvalue weighted by Gasteiger charge is -2.37. The highest BCUT2D eigenvalue weighted by Gasteiger charge is 2.24. The minimum absolute atomic E-state index is 0.0190. The van der Waals surface area contributed by atoms with Crippen molar-refractivity contribution in [3.63, 3.8) is 0 Å². The van der Waals surface area contributed by atoms with Gasteiger partial charge in [0.25, 0.3) is 5.91 Å². The highest BCUT2D eigenvalue weighted by atomic mass is 35.5. The van der Waals surface area contributed by atoms with E-state index in [1.165, 1.54) is 0 Å². The number of halogens is 1. The second kappa shape index (κ2) is 10.5. The summed E-state index contributed by atoms with van der Waals surface area (Å²) in [5.74, 6) is 0.928. The van der Waals surface area contributed by atoms with Crippen LogP contribution in [-0.4, -0.2) is 61.2 Å². The molecular weight excluding hydrogens is 476 g/mol. The van der Waals surface area contributed by atoms with Gasteiger partial charge in [-0.3, -0.25) is 14.9 Å². The molecule has 2 heterocycles. The first-order valence-corrected chi connectivity index (χ1v) is 12.0. The largest absolute Gasteiger partial charge is 0.486 e.